The van der Waals surface area contributed by atoms with Crippen molar-refractivity contribution < 1.29 is 35.9 Å². The van der Waals surface area contributed by atoms with Crippen molar-refractivity contribution in [2.24, 2.45) is 0 Å². The lowest BCUT2D eigenvalue weighted by Crippen LogP contribution is -2.49. The van der Waals surface area contributed by atoms with Gasteiger partial charge in [-0.25, -0.2) is 9.97 Å². The lowest BCUT2D eigenvalue weighted by atomic mass is 10.1. The van der Waals surface area contributed by atoms with E-state index in [1.165, 1.54) is 37.1 Å². The van der Waals surface area contributed by atoms with Gasteiger partial charge in [0.15, 0.2) is 8.68 Å². The van der Waals surface area contributed by atoms with Gasteiger partial charge in [0.2, 0.25) is 11.8 Å². The summed E-state index contributed by atoms with van der Waals surface area (Å²) >= 11 is 6.90. The zero-order chi connectivity index (χ0) is 48.6. The molecule has 12 nitrogen and oxygen atoms in total. The molecule has 2 saturated heterocycles. The van der Waals surface area contributed by atoms with Crippen LogP contribution in [0.4, 0.5) is 37.7 Å². The van der Waals surface area contributed by atoms with Crippen molar-refractivity contribution in [2.45, 2.75) is 48.7 Å². The molecule has 2 N–H and O–H groups in total. The molecule has 2 amide bonds. The number of pyridine rings is 2. The molecule has 6 heterocycles. The second kappa shape index (κ2) is 25.7. The number of aromatic nitrogens is 4. The molecule has 0 radical (unpaired) electrons. The van der Waals surface area contributed by atoms with Gasteiger partial charge in [-0.1, -0.05) is 47.8 Å². The van der Waals surface area contributed by atoms with Gasteiger partial charge in [-0.2, -0.15) is 26.3 Å². The number of carbonyl (C=O) groups is 2. The minimum absolute atomic E-state index is 0. The molecule has 2 fully saturated rings. The third-order valence-electron chi connectivity index (χ3n) is 11.3. The number of para-hydroxylation sites is 2. The fraction of sp³-hybridized carbons (Fsp3) is 0.435. The zero-order valence-electron chi connectivity index (χ0n) is 38.8. The first kappa shape index (κ1) is 57.1. The summed E-state index contributed by atoms with van der Waals surface area (Å²) in [5.74, 6) is 0.943. The Balaban J connectivity index is 0.000000254. The van der Waals surface area contributed by atoms with E-state index in [2.05, 4.69) is 52.5 Å². The number of nitrogens with zero attached hydrogens (tertiary/aromatic N) is 8. The summed E-state index contributed by atoms with van der Waals surface area (Å²) in [5.41, 5.74) is 0.680. The van der Waals surface area contributed by atoms with Gasteiger partial charge in [0, 0.05) is 88.3 Å². The first-order chi connectivity index (χ1) is 32.4. The van der Waals surface area contributed by atoms with E-state index >= 15 is 0 Å². The van der Waals surface area contributed by atoms with Crippen molar-refractivity contribution in [3.63, 3.8) is 0 Å². The van der Waals surface area contributed by atoms with Gasteiger partial charge in [-0.05, 0) is 64.1 Å². The number of hydrogen-bond donors (Lipinski definition) is 2. The maximum Gasteiger partial charge on any atom is 0.418 e. The number of rotatable bonds is 14. The van der Waals surface area contributed by atoms with Crippen LogP contribution in [0.3, 0.4) is 0 Å². The third kappa shape index (κ3) is 16.1. The Kier molecular flexibility index (Phi) is 21.0. The molecule has 8 rings (SSSR count). The fourth-order valence-electron chi connectivity index (χ4n) is 7.88. The van der Waals surface area contributed by atoms with Gasteiger partial charge in [0.05, 0.1) is 67.4 Å². The van der Waals surface area contributed by atoms with Crippen LogP contribution in [0.5, 0.6) is 0 Å². The van der Waals surface area contributed by atoms with Crippen molar-refractivity contribution in [1.29, 1.82) is 0 Å². The maximum absolute atomic E-state index is 13.4. The number of piperazine rings is 2. The molecular weight excluding hydrogens is 1040 g/mol. The van der Waals surface area contributed by atoms with E-state index in [0.717, 1.165) is 82.6 Å². The summed E-state index contributed by atoms with van der Waals surface area (Å²) in [6.07, 6.45) is -9.12. The van der Waals surface area contributed by atoms with E-state index in [1.807, 2.05) is 46.2 Å². The van der Waals surface area contributed by atoms with Gasteiger partial charge >= 0.3 is 12.4 Å². The number of fused-ring (bicyclic) bond motifs is 2. The standard InChI is InChI=1S/2C23H26F3N5OS2.2ClH/c2*1-15-13-17(23(24,25)26)21(16(2)27-15)29-20(32)14-31-9-7-30(8-10-31)11-12-33-22-28-18-5-3-4-6-19(18)34-22;;/h2*3-6,13H,7-12,14H2,1-2H3,(H,29,32);2*1H. The molecule has 70 heavy (non-hydrogen) atoms. The third-order valence-corrected chi connectivity index (χ3v) is 15.6. The average Bonchev–Trinajstić information content (AvgIpc) is 3.90. The molecule has 6 aromatic rings. The molecule has 2 aliphatic heterocycles. The van der Waals surface area contributed by atoms with Gasteiger partial charge in [0.1, 0.15) is 0 Å². The van der Waals surface area contributed by atoms with Crippen molar-refractivity contribution in [2.75, 3.05) is 101 Å². The number of thioether (sulfide) groups is 2. The minimum Gasteiger partial charge on any atom is -0.323 e. The van der Waals surface area contributed by atoms with Crippen LogP contribution in [0, 0.1) is 27.7 Å². The summed E-state index contributed by atoms with van der Waals surface area (Å²) in [5, 5.41) is 4.90. The lowest BCUT2D eigenvalue weighted by molar-refractivity contribution is -0.138. The van der Waals surface area contributed by atoms with Crippen LogP contribution in [0.15, 0.2) is 69.3 Å². The van der Waals surface area contributed by atoms with Crippen molar-refractivity contribution in [3.05, 3.63) is 94.6 Å². The average molecular weight is 1090 g/mol. The highest BCUT2D eigenvalue weighted by atomic mass is 35.5. The number of carbonyl (C=O) groups excluding carboxylic acids is 2. The number of alkyl halides is 6. The van der Waals surface area contributed by atoms with Gasteiger partial charge < -0.3 is 10.6 Å². The highest BCUT2D eigenvalue weighted by Crippen LogP contribution is 2.38. The normalized spacial score (nSPS) is 15.2. The van der Waals surface area contributed by atoms with Crippen LogP contribution in [0.1, 0.15) is 33.9 Å². The molecule has 4 aromatic heterocycles. The Morgan fingerprint density at radius 1 is 0.557 bits per heavy atom. The SMILES string of the molecule is Cc1cc(C(F)(F)F)c(NC(=O)CN2CCN(CCSc3nc4ccccc4s3)CC2)c(C)n1.Cc1cc(C(F)(F)F)c(NC(=O)CN2CCN(CCSc3nc4ccccc4s3)CC2)c(C)n1.Cl.Cl. The van der Waals surface area contributed by atoms with E-state index < -0.39 is 35.3 Å². The van der Waals surface area contributed by atoms with Crippen molar-refractivity contribution in [3.8, 4) is 0 Å². The molecule has 0 unspecified atom stereocenters. The van der Waals surface area contributed by atoms with Gasteiger partial charge in [-0.3, -0.25) is 39.2 Å². The second-order valence-electron chi connectivity index (χ2n) is 16.5. The highest BCUT2D eigenvalue weighted by Gasteiger charge is 2.37. The van der Waals surface area contributed by atoms with Crippen LogP contribution >= 0.6 is 71.0 Å². The Hall–Kier alpha value is -3.84. The molecule has 0 saturated carbocycles. The summed E-state index contributed by atoms with van der Waals surface area (Å²) < 4.78 is 85.1. The van der Waals surface area contributed by atoms with Crippen molar-refractivity contribution in [1.82, 2.24) is 39.5 Å². The fourth-order valence-corrected chi connectivity index (χ4v) is 12.2. The predicted octanol–water partition coefficient (Wildman–Crippen LogP) is 10.2. The molecular formula is C46H54Cl2F6N10O2S4. The van der Waals surface area contributed by atoms with Crippen LogP contribution in [0.25, 0.3) is 20.4 Å². The quantitative estimate of drug-likeness (QED) is 0.0798. The topological polar surface area (TPSA) is 123 Å². The number of anilines is 2. The van der Waals surface area contributed by atoms with Crippen LogP contribution in [-0.4, -0.2) is 141 Å². The number of thiazole rings is 2. The largest absolute Gasteiger partial charge is 0.418 e. The number of halogens is 8. The highest BCUT2D eigenvalue weighted by molar-refractivity contribution is 8.01. The van der Waals surface area contributed by atoms with Gasteiger partial charge in [-0.15, -0.1) is 47.5 Å². The number of amides is 2. The molecule has 2 aromatic carbocycles. The molecule has 0 atom stereocenters. The van der Waals surface area contributed by atoms with Crippen LogP contribution in [0.2, 0.25) is 0 Å². The molecule has 24 heteroatoms. The number of aryl methyl sites for hydroxylation is 4. The first-order valence-electron chi connectivity index (χ1n) is 21.9. The Labute approximate surface area is 431 Å². The first-order valence-corrected chi connectivity index (χ1v) is 25.5. The predicted molar refractivity (Wildman–Crippen MR) is 276 cm³/mol. The number of benzene rings is 2. The van der Waals surface area contributed by atoms with Crippen LogP contribution < -0.4 is 10.6 Å². The van der Waals surface area contributed by atoms with E-state index in [9.17, 15) is 35.9 Å². The molecule has 2 aliphatic rings. The number of hydrogen-bond acceptors (Lipinski definition) is 14. The molecule has 380 valence electrons. The van der Waals surface area contributed by atoms with E-state index in [-0.39, 0.29) is 72.1 Å². The van der Waals surface area contributed by atoms with E-state index in [0.29, 0.717) is 26.2 Å². The Morgan fingerprint density at radius 2 is 0.900 bits per heavy atom. The summed E-state index contributed by atoms with van der Waals surface area (Å²) in [7, 11) is 0. The second-order valence-corrected chi connectivity index (χ2v) is 21.2. The monoisotopic (exact) mass is 1090 g/mol. The Bertz CT molecular complexity index is 2450. The van der Waals surface area contributed by atoms with E-state index in [1.54, 1.807) is 46.2 Å². The van der Waals surface area contributed by atoms with E-state index in [4.69, 9.17) is 0 Å². The summed E-state index contributed by atoms with van der Waals surface area (Å²) in [4.78, 5) is 51.1. The molecule has 0 spiro atoms. The van der Waals surface area contributed by atoms with Crippen molar-refractivity contribution >= 4 is 115 Å². The molecule has 0 bridgehead atoms. The van der Waals surface area contributed by atoms with Crippen LogP contribution in [-0.2, 0) is 21.9 Å². The van der Waals surface area contributed by atoms with Gasteiger partial charge in [0.25, 0.3) is 0 Å². The zero-order valence-corrected chi connectivity index (χ0v) is 43.7. The maximum atomic E-state index is 13.4. The molecule has 0 aliphatic carbocycles. The minimum atomic E-state index is -4.56. The smallest absolute Gasteiger partial charge is 0.323 e. The lowest BCUT2D eigenvalue weighted by Gasteiger charge is -2.34. The summed E-state index contributed by atoms with van der Waals surface area (Å²) in [6.45, 7) is 13.9. The number of nitrogens with one attached hydrogen (secondary N) is 2. The Morgan fingerprint density at radius 3 is 1.24 bits per heavy atom. The summed E-state index contributed by atoms with van der Waals surface area (Å²) in [6, 6.07) is 18.1.